The van der Waals surface area contributed by atoms with E-state index in [1.807, 2.05) is 54.7 Å². The first-order chi connectivity index (χ1) is 15.1. The fourth-order valence-electron chi connectivity index (χ4n) is 4.33. The average Bonchev–Trinajstić information content (AvgIpc) is 3.36. The van der Waals surface area contributed by atoms with Gasteiger partial charge in [-0.05, 0) is 30.5 Å². The lowest BCUT2D eigenvalue weighted by molar-refractivity contribution is -0.192. The van der Waals surface area contributed by atoms with Crippen LogP contribution in [-0.2, 0) is 22.6 Å². The van der Waals surface area contributed by atoms with E-state index in [0.717, 1.165) is 22.0 Å². The van der Waals surface area contributed by atoms with Gasteiger partial charge in [0, 0.05) is 29.6 Å². The van der Waals surface area contributed by atoms with Crippen molar-refractivity contribution in [3.05, 3.63) is 71.9 Å². The molecule has 1 aromatic heterocycles. The van der Waals surface area contributed by atoms with Crippen LogP contribution in [0.1, 0.15) is 18.1 Å². The molecule has 164 valence electrons. The normalized spacial score (nSPS) is 22.6. The summed E-state index contributed by atoms with van der Waals surface area (Å²) in [5.41, 5.74) is 3.20. The number of nitrogens with zero attached hydrogens (tertiary/aromatic N) is 1. The number of fused-ring (bicyclic) bond motifs is 1. The maximum atomic E-state index is 13.1. The third kappa shape index (κ3) is 4.65. The number of nitrogens with one attached hydrogen (secondary N) is 2. The molecule has 7 heteroatoms. The van der Waals surface area contributed by atoms with E-state index in [1.165, 1.54) is 0 Å². The number of benzene rings is 2. The van der Waals surface area contributed by atoms with E-state index in [4.69, 9.17) is 4.84 Å². The van der Waals surface area contributed by atoms with Crippen molar-refractivity contribution in [2.75, 3.05) is 13.2 Å². The van der Waals surface area contributed by atoms with E-state index in [1.54, 1.807) is 12.0 Å². The first kappa shape index (κ1) is 21.5. The van der Waals surface area contributed by atoms with E-state index in [9.17, 15) is 15.0 Å². The fraction of sp³-hybridized carbons (Fsp3) is 0.375. The predicted octanol–water partition coefficient (Wildman–Crippen LogP) is 2.00. The second kappa shape index (κ2) is 9.62. The van der Waals surface area contributed by atoms with Crippen molar-refractivity contribution in [1.82, 2.24) is 15.4 Å². The van der Waals surface area contributed by atoms with E-state index >= 15 is 0 Å². The van der Waals surface area contributed by atoms with Gasteiger partial charge in [0.15, 0.2) is 0 Å². The number of aliphatic hydroxyl groups is 2. The standard InChI is InChI=1S/C24H29N3O4/c1-16(29)23-20(15-28)22(27(31-23)14-17-7-3-2-4-8-17)24(30)25-12-11-18-13-26-21-10-6-5-9-19(18)21/h2-10,13,16,20,22-23,26,28-29H,11-12,14-15H2,1H3,(H,25,30)/t16-,20+,22+,23+/m0/s1. The van der Waals surface area contributed by atoms with Crippen molar-refractivity contribution in [2.24, 2.45) is 5.92 Å². The number of hydrogen-bond acceptors (Lipinski definition) is 5. The molecule has 31 heavy (non-hydrogen) atoms. The lowest BCUT2D eigenvalue weighted by Gasteiger charge is -2.24. The number of carbonyl (C=O) groups is 1. The molecule has 0 bridgehead atoms. The van der Waals surface area contributed by atoms with Crippen LogP contribution in [0, 0.1) is 5.92 Å². The molecule has 0 aliphatic carbocycles. The highest BCUT2D eigenvalue weighted by atomic mass is 16.7. The lowest BCUT2D eigenvalue weighted by Crippen LogP contribution is -2.48. The zero-order valence-corrected chi connectivity index (χ0v) is 17.6. The molecule has 4 atom stereocenters. The van der Waals surface area contributed by atoms with Crippen molar-refractivity contribution >= 4 is 16.8 Å². The van der Waals surface area contributed by atoms with Gasteiger partial charge in [0.25, 0.3) is 0 Å². The Bertz CT molecular complexity index is 1000. The van der Waals surface area contributed by atoms with Crippen LogP contribution < -0.4 is 5.32 Å². The molecule has 0 unspecified atom stereocenters. The van der Waals surface area contributed by atoms with Gasteiger partial charge in [0.2, 0.25) is 5.91 Å². The minimum atomic E-state index is -0.806. The fourth-order valence-corrected chi connectivity index (χ4v) is 4.33. The molecule has 1 aliphatic heterocycles. The number of para-hydroxylation sites is 1. The quantitative estimate of drug-likeness (QED) is 0.444. The summed E-state index contributed by atoms with van der Waals surface area (Å²) in [6.07, 6.45) is 1.21. The number of rotatable bonds is 8. The maximum Gasteiger partial charge on any atom is 0.240 e. The zero-order chi connectivity index (χ0) is 21.8. The Morgan fingerprint density at radius 1 is 1.19 bits per heavy atom. The van der Waals surface area contributed by atoms with Gasteiger partial charge in [-0.2, -0.15) is 5.06 Å². The number of aromatic nitrogens is 1. The second-order valence-electron chi connectivity index (χ2n) is 8.06. The number of carbonyl (C=O) groups excluding carboxylic acids is 1. The number of hydrogen-bond donors (Lipinski definition) is 4. The molecule has 3 aromatic rings. The minimum absolute atomic E-state index is 0.210. The van der Waals surface area contributed by atoms with Gasteiger partial charge in [-0.25, -0.2) is 0 Å². The molecular formula is C24H29N3O4. The summed E-state index contributed by atoms with van der Waals surface area (Å²) in [4.78, 5) is 22.3. The molecule has 1 amide bonds. The van der Waals surface area contributed by atoms with Gasteiger partial charge in [-0.1, -0.05) is 48.5 Å². The number of aromatic amines is 1. The minimum Gasteiger partial charge on any atom is -0.396 e. The molecule has 4 N–H and O–H groups in total. The van der Waals surface area contributed by atoms with Crippen LogP contribution in [0.15, 0.2) is 60.8 Å². The van der Waals surface area contributed by atoms with Crippen molar-refractivity contribution in [1.29, 1.82) is 0 Å². The lowest BCUT2D eigenvalue weighted by atomic mass is 9.92. The Morgan fingerprint density at radius 3 is 2.68 bits per heavy atom. The molecule has 0 radical (unpaired) electrons. The highest BCUT2D eigenvalue weighted by Crippen LogP contribution is 2.31. The summed E-state index contributed by atoms with van der Waals surface area (Å²) in [7, 11) is 0. The number of hydroxylamine groups is 2. The first-order valence-electron chi connectivity index (χ1n) is 10.7. The van der Waals surface area contributed by atoms with Gasteiger partial charge in [-0.15, -0.1) is 0 Å². The Morgan fingerprint density at radius 2 is 1.94 bits per heavy atom. The van der Waals surface area contributed by atoms with Crippen LogP contribution in [0.5, 0.6) is 0 Å². The summed E-state index contributed by atoms with van der Waals surface area (Å²) in [6, 6.07) is 17.1. The Balaban J connectivity index is 1.45. The van der Waals surface area contributed by atoms with Gasteiger partial charge >= 0.3 is 0 Å². The monoisotopic (exact) mass is 423 g/mol. The van der Waals surface area contributed by atoms with Crippen molar-refractivity contribution < 1.29 is 19.8 Å². The molecular weight excluding hydrogens is 394 g/mol. The molecule has 1 saturated heterocycles. The Kier molecular flexibility index (Phi) is 6.67. The largest absolute Gasteiger partial charge is 0.396 e. The Hall–Kier alpha value is -2.71. The average molecular weight is 424 g/mol. The SMILES string of the molecule is C[C@H](O)[C@H]1ON(Cc2ccccc2)[C@@H](C(=O)NCCc2c[nH]c3ccccc23)[C@H]1CO. The third-order valence-corrected chi connectivity index (χ3v) is 5.90. The molecule has 1 fully saturated rings. The molecule has 2 aromatic carbocycles. The van der Waals surface area contributed by atoms with E-state index in [0.29, 0.717) is 19.5 Å². The summed E-state index contributed by atoms with van der Waals surface area (Å²) in [5.74, 6) is -0.727. The molecule has 2 heterocycles. The smallest absolute Gasteiger partial charge is 0.240 e. The predicted molar refractivity (Wildman–Crippen MR) is 118 cm³/mol. The summed E-state index contributed by atoms with van der Waals surface area (Å²) < 4.78 is 0. The van der Waals surface area contributed by atoms with Gasteiger partial charge in [-0.3, -0.25) is 9.63 Å². The van der Waals surface area contributed by atoms with Crippen LogP contribution in [0.25, 0.3) is 10.9 Å². The van der Waals surface area contributed by atoms with Crippen LogP contribution in [0.2, 0.25) is 0 Å². The van der Waals surface area contributed by atoms with Crippen LogP contribution >= 0.6 is 0 Å². The molecule has 7 nitrogen and oxygen atoms in total. The number of H-pyrrole nitrogens is 1. The van der Waals surface area contributed by atoms with E-state index in [-0.39, 0.29) is 12.5 Å². The summed E-state index contributed by atoms with van der Waals surface area (Å²) in [6.45, 7) is 2.22. The zero-order valence-electron chi connectivity index (χ0n) is 17.6. The van der Waals surface area contributed by atoms with Crippen molar-refractivity contribution in [3.63, 3.8) is 0 Å². The van der Waals surface area contributed by atoms with Crippen molar-refractivity contribution in [3.8, 4) is 0 Å². The van der Waals surface area contributed by atoms with E-state index < -0.39 is 24.2 Å². The number of aliphatic hydroxyl groups excluding tert-OH is 2. The van der Waals surface area contributed by atoms with Crippen molar-refractivity contribution in [2.45, 2.75) is 38.1 Å². The van der Waals surface area contributed by atoms with Crippen LogP contribution in [0.4, 0.5) is 0 Å². The maximum absolute atomic E-state index is 13.1. The highest BCUT2D eigenvalue weighted by molar-refractivity contribution is 5.84. The second-order valence-corrected chi connectivity index (χ2v) is 8.06. The van der Waals surface area contributed by atoms with E-state index in [2.05, 4.69) is 16.4 Å². The third-order valence-electron chi connectivity index (χ3n) is 5.90. The Labute approximate surface area is 181 Å². The summed E-state index contributed by atoms with van der Waals surface area (Å²) >= 11 is 0. The topological polar surface area (TPSA) is 97.8 Å². The highest BCUT2D eigenvalue weighted by Gasteiger charge is 2.48. The summed E-state index contributed by atoms with van der Waals surface area (Å²) in [5, 5.41) is 25.9. The molecule has 1 aliphatic rings. The molecule has 0 saturated carbocycles. The van der Waals surface area contributed by atoms with Crippen LogP contribution in [0.3, 0.4) is 0 Å². The first-order valence-corrected chi connectivity index (χ1v) is 10.7. The van der Waals surface area contributed by atoms with Crippen LogP contribution in [-0.4, -0.2) is 57.6 Å². The van der Waals surface area contributed by atoms with Gasteiger partial charge < -0.3 is 20.5 Å². The molecule has 4 rings (SSSR count). The van der Waals surface area contributed by atoms with Gasteiger partial charge in [0.1, 0.15) is 12.1 Å². The number of amides is 1. The van der Waals surface area contributed by atoms with Gasteiger partial charge in [0.05, 0.1) is 19.3 Å². The molecule has 0 spiro atoms.